The van der Waals surface area contributed by atoms with Gasteiger partial charge in [0.1, 0.15) is 6.54 Å². The summed E-state index contributed by atoms with van der Waals surface area (Å²) < 4.78 is 36.3. The van der Waals surface area contributed by atoms with Crippen LogP contribution < -0.4 is 19.2 Å². The summed E-state index contributed by atoms with van der Waals surface area (Å²) in [4.78, 5) is 12.3. The van der Waals surface area contributed by atoms with Crippen LogP contribution in [0.1, 0.15) is 25.0 Å². The Kier molecular flexibility index (Phi) is 8.23. The van der Waals surface area contributed by atoms with Gasteiger partial charge in [0.05, 0.1) is 31.4 Å². The number of anilines is 1. The third-order valence-electron chi connectivity index (χ3n) is 3.98. The SMILES string of the molecule is CCOc1ccc(/C=N\NC(=O)CN(c2ccc(C)cc2)S(C)(=O)=O)cc1OCC. The third-order valence-corrected chi connectivity index (χ3v) is 5.12. The van der Waals surface area contributed by atoms with Gasteiger partial charge in [0.2, 0.25) is 10.0 Å². The molecule has 0 spiro atoms. The first-order valence-electron chi connectivity index (χ1n) is 9.50. The predicted octanol–water partition coefficient (Wildman–Crippen LogP) is 2.71. The molecule has 9 heteroatoms. The number of hydrogen-bond donors (Lipinski definition) is 1. The topological polar surface area (TPSA) is 97.3 Å². The van der Waals surface area contributed by atoms with Crippen LogP contribution in [0.25, 0.3) is 0 Å². The average Bonchev–Trinajstić information content (AvgIpc) is 2.68. The van der Waals surface area contributed by atoms with Gasteiger partial charge in [-0.2, -0.15) is 5.10 Å². The summed E-state index contributed by atoms with van der Waals surface area (Å²) in [5.74, 6) is 0.646. The van der Waals surface area contributed by atoms with Gasteiger partial charge in [-0.3, -0.25) is 9.10 Å². The van der Waals surface area contributed by atoms with E-state index in [-0.39, 0.29) is 6.54 Å². The Balaban J connectivity index is 2.07. The number of ether oxygens (including phenoxy) is 2. The molecule has 0 aliphatic rings. The molecule has 0 aliphatic heterocycles. The zero-order chi connectivity index (χ0) is 22.1. The number of aryl methyl sites for hydroxylation is 1. The molecule has 2 aromatic rings. The fraction of sp³-hybridized carbons (Fsp3) is 0.333. The maximum absolute atomic E-state index is 12.3. The van der Waals surface area contributed by atoms with E-state index in [1.165, 1.54) is 6.21 Å². The molecule has 0 aliphatic carbocycles. The van der Waals surface area contributed by atoms with Crippen molar-refractivity contribution in [3.63, 3.8) is 0 Å². The van der Waals surface area contributed by atoms with Crippen molar-refractivity contribution in [2.45, 2.75) is 20.8 Å². The van der Waals surface area contributed by atoms with Crippen molar-refractivity contribution in [3.05, 3.63) is 53.6 Å². The molecule has 8 nitrogen and oxygen atoms in total. The van der Waals surface area contributed by atoms with E-state index in [1.54, 1.807) is 42.5 Å². The highest BCUT2D eigenvalue weighted by Gasteiger charge is 2.20. The lowest BCUT2D eigenvalue weighted by Gasteiger charge is -2.21. The van der Waals surface area contributed by atoms with E-state index in [0.717, 1.165) is 16.1 Å². The Morgan fingerprint density at radius 2 is 1.70 bits per heavy atom. The number of benzene rings is 2. The normalized spacial score (nSPS) is 11.3. The number of carbonyl (C=O) groups is 1. The zero-order valence-electron chi connectivity index (χ0n) is 17.6. The van der Waals surface area contributed by atoms with Crippen LogP contribution in [-0.4, -0.2) is 46.6 Å². The molecule has 0 saturated carbocycles. The number of nitrogens with one attached hydrogen (secondary N) is 1. The van der Waals surface area contributed by atoms with Crippen molar-refractivity contribution < 1.29 is 22.7 Å². The Bertz CT molecular complexity index is 988. The number of carbonyl (C=O) groups excluding carboxylic acids is 1. The van der Waals surface area contributed by atoms with Crippen molar-refractivity contribution in [1.82, 2.24) is 5.43 Å². The summed E-state index contributed by atoms with van der Waals surface area (Å²) in [6, 6.07) is 12.2. The highest BCUT2D eigenvalue weighted by Crippen LogP contribution is 2.28. The standard InChI is InChI=1S/C21H27N3O5S/c1-5-28-19-12-9-17(13-20(19)29-6-2)14-22-23-21(25)15-24(30(4,26)27)18-10-7-16(3)8-11-18/h7-14H,5-6,15H2,1-4H3,(H,23,25)/b22-14-. The van der Waals surface area contributed by atoms with Gasteiger partial charge in [-0.25, -0.2) is 13.8 Å². The lowest BCUT2D eigenvalue weighted by atomic mass is 10.2. The molecule has 162 valence electrons. The summed E-state index contributed by atoms with van der Waals surface area (Å²) >= 11 is 0. The minimum atomic E-state index is -3.64. The molecule has 2 aromatic carbocycles. The van der Waals surface area contributed by atoms with Crippen molar-refractivity contribution in [1.29, 1.82) is 0 Å². The molecule has 1 N–H and O–H groups in total. The molecule has 0 radical (unpaired) electrons. The van der Waals surface area contributed by atoms with Gasteiger partial charge >= 0.3 is 0 Å². The van der Waals surface area contributed by atoms with Crippen LogP contribution in [0.5, 0.6) is 11.5 Å². The average molecular weight is 434 g/mol. The summed E-state index contributed by atoms with van der Waals surface area (Å²) in [5.41, 5.74) is 4.45. The first-order chi connectivity index (χ1) is 14.2. The van der Waals surface area contributed by atoms with E-state index in [2.05, 4.69) is 10.5 Å². The largest absolute Gasteiger partial charge is 0.490 e. The Morgan fingerprint density at radius 1 is 1.07 bits per heavy atom. The van der Waals surface area contributed by atoms with E-state index < -0.39 is 15.9 Å². The first kappa shape index (κ1) is 23.2. The van der Waals surface area contributed by atoms with Gasteiger partial charge in [-0.15, -0.1) is 0 Å². The van der Waals surface area contributed by atoms with Crippen molar-refractivity contribution >= 4 is 27.8 Å². The highest BCUT2D eigenvalue weighted by atomic mass is 32.2. The van der Waals surface area contributed by atoms with Gasteiger partial charge in [0.25, 0.3) is 5.91 Å². The van der Waals surface area contributed by atoms with Gasteiger partial charge in [0.15, 0.2) is 11.5 Å². The van der Waals surface area contributed by atoms with Gasteiger partial charge in [-0.1, -0.05) is 17.7 Å². The van der Waals surface area contributed by atoms with Crippen LogP contribution in [0, 0.1) is 6.92 Å². The van der Waals surface area contributed by atoms with Crippen LogP contribution in [0.4, 0.5) is 5.69 Å². The molecule has 0 unspecified atom stereocenters. The van der Waals surface area contributed by atoms with Crippen LogP contribution in [0.2, 0.25) is 0 Å². The van der Waals surface area contributed by atoms with Gasteiger partial charge in [-0.05, 0) is 56.7 Å². The highest BCUT2D eigenvalue weighted by molar-refractivity contribution is 7.92. The smallest absolute Gasteiger partial charge is 0.260 e. The number of nitrogens with zero attached hydrogens (tertiary/aromatic N) is 2. The number of amides is 1. The monoisotopic (exact) mass is 433 g/mol. The second-order valence-electron chi connectivity index (χ2n) is 6.47. The molecule has 0 saturated heterocycles. The third kappa shape index (κ3) is 6.77. The van der Waals surface area contributed by atoms with Crippen molar-refractivity contribution in [3.8, 4) is 11.5 Å². The van der Waals surface area contributed by atoms with Gasteiger partial charge < -0.3 is 9.47 Å². The molecule has 0 bridgehead atoms. The van der Waals surface area contributed by atoms with Crippen LogP contribution in [0.3, 0.4) is 0 Å². The number of hydrazone groups is 1. The van der Waals surface area contributed by atoms with Crippen molar-refractivity contribution in [2.24, 2.45) is 5.10 Å². The van der Waals surface area contributed by atoms with Crippen molar-refractivity contribution in [2.75, 3.05) is 30.3 Å². The molecule has 0 fully saturated rings. The Labute approximate surface area is 177 Å². The molecule has 0 heterocycles. The van der Waals surface area contributed by atoms with E-state index in [9.17, 15) is 13.2 Å². The van der Waals surface area contributed by atoms with E-state index in [4.69, 9.17) is 9.47 Å². The number of rotatable bonds is 10. The zero-order valence-corrected chi connectivity index (χ0v) is 18.4. The van der Waals surface area contributed by atoms with Crippen LogP contribution in [0.15, 0.2) is 47.6 Å². The maximum Gasteiger partial charge on any atom is 0.260 e. The molecule has 2 rings (SSSR count). The molecular weight excluding hydrogens is 406 g/mol. The molecule has 0 atom stereocenters. The Hall–Kier alpha value is -3.07. The molecule has 0 aromatic heterocycles. The minimum absolute atomic E-state index is 0.382. The first-order valence-corrected chi connectivity index (χ1v) is 11.3. The lowest BCUT2D eigenvalue weighted by Crippen LogP contribution is -2.39. The van der Waals surface area contributed by atoms with Crippen LogP contribution in [-0.2, 0) is 14.8 Å². The van der Waals surface area contributed by atoms with E-state index >= 15 is 0 Å². The number of sulfonamides is 1. The summed E-state index contributed by atoms with van der Waals surface area (Å²) in [6.07, 6.45) is 2.51. The van der Waals surface area contributed by atoms with Crippen LogP contribution >= 0.6 is 0 Å². The summed E-state index contributed by atoms with van der Waals surface area (Å²) in [6.45, 7) is 6.27. The predicted molar refractivity (Wildman–Crippen MR) is 118 cm³/mol. The molecule has 1 amide bonds. The molecular formula is C21H27N3O5S. The lowest BCUT2D eigenvalue weighted by molar-refractivity contribution is -0.119. The quantitative estimate of drug-likeness (QED) is 0.459. The molecule has 30 heavy (non-hydrogen) atoms. The van der Waals surface area contributed by atoms with E-state index in [1.807, 2.05) is 20.8 Å². The fourth-order valence-corrected chi connectivity index (χ4v) is 3.46. The minimum Gasteiger partial charge on any atom is -0.490 e. The fourth-order valence-electron chi connectivity index (χ4n) is 2.60. The summed E-state index contributed by atoms with van der Waals surface area (Å²) in [5, 5.41) is 3.92. The maximum atomic E-state index is 12.3. The number of hydrogen-bond acceptors (Lipinski definition) is 6. The second kappa shape index (κ2) is 10.6. The second-order valence-corrected chi connectivity index (χ2v) is 8.38. The van der Waals surface area contributed by atoms with E-state index in [0.29, 0.717) is 36.0 Å². The summed E-state index contributed by atoms with van der Waals surface area (Å²) in [7, 11) is -3.64. The Morgan fingerprint density at radius 3 is 2.30 bits per heavy atom. The van der Waals surface area contributed by atoms with Gasteiger partial charge in [0, 0.05) is 0 Å².